The largest absolute Gasteiger partial charge is 0.373 e. The smallest absolute Gasteiger partial charge is 0.261 e. The van der Waals surface area contributed by atoms with E-state index in [0.717, 1.165) is 58.9 Å². The molecule has 0 aliphatic carbocycles. The predicted octanol–water partition coefficient (Wildman–Crippen LogP) is 3.88. The molecule has 11 heteroatoms. The van der Waals surface area contributed by atoms with Gasteiger partial charge in [0.2, 0.25) is 0 Å². The first-order chi connectivity index (χ1) is 18.0. The number of hydrogen-bond donors (Lipinski definition) is 3. The third-order valence-corrected chi connectivity index (χ3v) is 7.80. The molecule has 5 aromatic rings. The molecule has 1 atom stereocenters. The Hall–Kier alpha value is -3.83. The lowest BCUT2D eigenvalue weighted by Gasteiger charge is -2.33. The van der Waals surface area contributed by atoms with Crippen LogP contribution in [0, 0.1) is 5.92 Å². The number of piperazine rings is 1. The van der Waals surface area contributed by atoms with E-state index in [9.17, 15) is 4.79 Å². The normalized spacial score (nSPS) is 15.6. The van der Waals surface area contributed by atoms with Crippen LogP contribution in [-0.2, 0) is 0 Å². The number of thiophene rings is 1. The maximum absolute atomic E-state index is 13.5. The molecule has 0 amide bonds. The Morgan fingerprint density at radius 2 is 1.84 bits per heavy atom. The van der Waals surface area contributed by atoms with Crippen molar-refractivity contribution in [1.82, 2.24) is 34.8 Å². The standard InChI is InChI=1S/C26H29N9OS/c1-15(2)21(25-27-6-4-7-28-25)33-22-20(26(36)32-16-5-12-37-23(16)22)24-30-17-13-19(29-14-18(17)31-24)35-10-8-34(3)9-11-35/h4-7,12-15,21H,8-11H2,1-3H3,(H,30,31)(H2,32,33,36)/t21-/m0/s1. The molecular weight excluding hydrogens is 486 g/mol. The summed E-state index contributed by atoms with van der Waals surface area (Å²) in [4.78, 5) is 42.9. The highest BCUT2D eigenvalue weighted by atomic mass is 32.1. The van der Waals surface area contributed by atoms with E-state index in [1.54, 1.807) is 36.0 Å². The summed E-state index contributed by atoms with van der Waals surface area (Å²) in [5, 5.41) is 5.60. The number of nitrogens with one attached hydrogen (secondary N) is 3. The van der Waals surface area contributed by atoms with E-state index in [1.165, 1.54) is 0 Å². The van der Waals surface area contributed by atoms with Crippen LogP contribution in [0.2, 0.25) is 0 Å². The number of aromatic nitrogens is 6. The molecule has 1 aliphatic heterocycles. The Labute approximate surface area is 217 Å². The zero-order chi connectivity index (χ0) is 25.5. The lowest BCUT2D eigenvalue weighted by molar-refractivity contribution is 0.312. The summed E-state index contributed by atoms with van der Waals surface area (Å²) in [6, 6.07) is 5.53. The predicted molar refractivity (Wildman–Crippen MR) is 148 cm³/mol. The summed E-state index contributed by atoms with van der Waals surface area (Å²) < 4.78 is 0.952. The van der Waals surface area contributed by atoms with Gasteiger partial charge in [0.25, 0.3) is 5.56 Å². The minimum absolute atomic E-state index is 0.176. The highest BCUT2D eigenvalue weighted by Crippen LogP contribution is 2.37. The molecule has 0 aromatic carbocycles. The molecule has 1 saturated heterocycles. The van der Waals surface area contributed by atoms with Crippen molar-refractivity contribution in [2.45, 2.75) is 19.9 Å². The van der Waals surface area contributed by atoms with E-state index in [4.69, 9.17) is 4.98 Å². The molecule has 37 heavy (non-hydrogen) atoms. The Morgan fingerprint density at radius 3 is 2.59 bits per heavy atom. The zero-order valence-electron chi connectivity index (χ0n) is 21.0. The highest BCUT2D eigenvalue weighted by molar-refractivity contribution is 7.17. The first-order valence-corrected chi connectivity index (χ1v) is 13.3. The summed E-state index contributed by atoms with van der Waals surface area (Å²) in [6.45, 7) is 8.07. The van der Waals surface area contributed by atoms with Gasteiger partial charge in [-0.05, 0) is 30.5 Å². The van der Waals surface area contributed by atoms with Crippen LogP contribution in [0.1, 0.15) is 25.7 Å². The fourth-order valence-electron chi connectivity index (χ4n) is 4.76. The molecule has 1 aliphatic rings. The Balaban J connectivity index is 1.45. The SMILES string of the molecule is CC(C)[C@H](Nc1c(-c2nc3cc(N4CCN(C)CC4)ncc3[nH]2)c(=O)[nH]c2ccsc12)c1ncccn1. The third kappa shape index (κ3) is 4.44. The Bertz CT molecular complexity index is 1600. The number of anilines is 2. The highest BCUT2D eigenvalue weighted by Gasteiger charge is 2.25. The van der Waals surface area contributed by atoms with Crippen molar-refractivity contribution in [1.29, 1.82) is 0 Å². The molecule has 190 valence electrons. The average molecular weight is 516 g/mol. The molecule has 1 fully saturated rings. The number of hydrogen-bond acceptors (Lipinski definition) is 9. The van der Waals surface area contributed by atoms with Crippen LogP contribution in [0.4, 0.5) is 11.5 Å². The van der Waals surface area contributed by atoms with Crippen LogP contribution < -0.4 is 15.8 Å². The van der Waals surface area contributed by atoms with Crippen molar-refractivity contribution in [2.75, 3.05) is 43.4 Å². The Kier molecular flexibility index (Phi) is 6.09. The van der Waals surface area contributed by atoms with E-state index in [-0.39, 0.29) is 17.5 Å². The van der Waals surface area contributed by atoms with Gasteiger partial charge in [-0.15, -0.1) is 11.3 Å². The number of rotatable bonds is 6. The van der Waals surface area contributed by atoms with Crippen LogP contribution >= 0.6 is 11.3 Å². The average Bonchev–Trinajstić information content (AvgIpc) is 3.54. The molecule has 0 saturated carbocycles. The monoisotopic (exact) mass is 515 g/mol. The number of aromatic amines is 2. The van der Waals surface area contributed by atoms with Crippen molar-refractivity contribution in [2.24, 2.45) is 5.92 Å². The zero-order valence-corrected chi connectivity index (χ0v) is 21.8. The van der Waals surface area contributed by atoms with Gasteiger partial charge >= 0.3 is 0 Å². The second kappa shape index (κ2) is 9.56. The van der Waals surface area contributed by atoms with E-state index in [2.05, 4.69) is 60.9 Å². The van der Waals surface area contributed by atoms with E-state index in [0.29, 0.717) is 17.2 Å². The molecule has 0 bridgehead atoms. The number of likely N-dealkylation sites (N-methyl/N-ethyl adjacent to an activating group) is 1. The van der Waals surface area contributed by atoms with Gasteiger partial charge in [0, 0.05) is 44.6 Å². The molecule has 6 rings (SSSR count). The Morgan fingerprint density at radius 1 is 1.05 bits per heavy atom. The molecular formula is C26H29N9OS. The second-order valence-electron chi connectivity index (χ2n) is 9.78. The maximum atomic E-state index is 13.5. The molecule has 0 unspecified atom stereocenters. The van der Waals surface area contributed by atoms with Gasteiger partial charge in [-0.1, -0.05) is 13.8 Å². The molecule has 0 spiro atoms. The van der Waals surface area contributed by atoms with Crippen molar-refractivity contribution < 1.29 is 0 Å². The van der Waals surface area contributed by atoms with Gasteiger partial charge in [0.15, 0.2) is 5.82 Å². The van der Waals surface area contributed by atoms with Crippen LogP contribution in [0.15, 0.2) is 47.0 Å². The van der Waals surface area contributed by atoms with Gasteiger partial charge in [-0.3, -0.25) is 4.79 Å². The van der Waals surface area contributed by atoms with Crippen LogP contribution in [-0.4, -0.2) is 68.0 Å². The molecule has 0 radical (unpaired) electrons. The summed E-state index contributed by atoms with van der Waals surface area (Å²) in [5.74, 6) is 2.26. The van der Waals surface area contributed by atoms with Crippen molar-refractivity contribution in [3.8, 4) is 11.4 Å². The number of imidazole rings is 1. The minimum Gasteiger partial charge on any atom is -0.373 e. The van der Waals surface area contributed by atoms with Crippen molar-refractivity contribution >= 4 is 44.1 Å². The lowest BCUT2D eigenvalue weighted by Crippen LogP contribution is -2.44. The van der Waals surface area contributed by atoms with E-state index in [1.807, 2.05) is 17.5 Å². The number of nitrogens with zero attached hydrogens (tertiary/aromatic N) is 6. The molecule has 10 nitrogen and oxygen atoms in total. The summed E-state index contributed by atoms with van der Waals surface area (Å²) >= 11 is 1.57. The van der Waals surface area contributed by atoms with Gasteiger partial charge in [-0.2, -0.15) is 0 Å². The number of pyridine rings is 2. The first-order valence-electron chi connectivity index (χ1n) is 12.4. The van der Waals surface area contributed by atoms with Crippen LogP contribution in [0.25, 0.3) is 32.6 Å². The van der Waals surface area contributed by atoms with Gasteiger partial charge < -0.3 is 25.1 Å². The van der Waals surface area contributed by atoms with Crippen LogP contribution in [0.3, 0.4) is 0 Å². The fraction of sp³-hybridized carbons (Fsp3) is 0.346. The lowest BCUT2D eigenvalue weighted by atomic mass is 10.0. The summed E-state index contributed by atoms with van der Waals surface area (Å²) in [6.07, 6.45) is 5.28. The van der Waals surface area contributed by atoms with E-state index >= 15 is 0 Å². The quantitative estimate of drug-likeness (QED) is 0.312. The van der Waals surface area contributed by atoms with Crippen molar-refractivity contribution in [3.63, 3.8) is 0 Å². The summed E-state index contributed by atoms with van der Waals surface area (Å²) in [5.41, 5.74) is 3.34. The number of fused-ring (bicyclic) bond motifs is 2. The van der Waals surface area contributed by atoms with Crippen molar-refractivity contribution in [3.05, 3.63) is 58.3 Å². The third-order valence-electron chi connectivity index (χ3n) is 6.87. The summed E-state index contributed by atoms with van der Waals surface area (Å²) in [7, 11) is 2.13. The van der Waals surface area contributed by atoms with Gasteiger partial charge in [0.1, 0.15) is 17.2 Å². The maximum Gasteiger partial charge on any atom is 0.261 e. The minimum atomic E-state index is -0.212. The molecule has 5 aromatic heterocycles. The second-order valence-corrected chi connectivity index (χ2v) is 10.7. The fourth-order valence-corrected chi connectivity index (χ4v) is 5.62. The van der Waals surface area contributed by atoms with Crippen LogP contribution in [0.5, 0.6) is 0 Å². The molecule has 6 heterocycles. The first kappa shape index (κ1) is 23.6. The topological polar surface area (TPSA) is 119 Å². The molecule has 3 N–H and O–H groups in total. The van der Waals surface area contributed by atoms with E-state index < -0.39 is 0 Å². The van der Waals surface area contributed by atoms with Gasteiger partial charge in [-0.25, -0.2) is 19.9 Å². The van der Waals surface area contributed by atoms with Gasteiger partial charge in [0.05, 0.1) is 39.2 Å². The number of H-pyrrole nitrogens is 2.